The number of carboxylic acid groups (broad SMARTS) is 1. The van der Waals surface area contributed by atoms with Crippen LogP contribution in [-0.4, -0.2) is 26.0 Å². The number of H-pyrrole nitrogens is 1. The standard InChI is InChI=1S/C15H12FN3O2/c1-7-3-4-10(8(2)17-7)14-18-12-6-9(16)5-11(15(20)21)13(12)19-14/h3-6H,1-2H3,(H,18,19)(H,20,21). The molecule has 0 aliphatic carbocycles. The fourth-order valence-electron chi connectivity index (χ4n) is 2.31. The average molecular weight is 285 g/mol. The predicted molar refractivity (Wildman–Crippen MR) is 75.7 cm³/mol. The molecule has 2 heterocycles. The Bertz CT molecular complexity index is 871. The van der Waals surface area contributed by atoms with Gasteiger partial charge in [-0.2, -0.15) is 0 Å². The number of carbonyl (C=O) groups is 1. The molecule has 5 nitrogen and oxygen atoms in total. The second-order valence-corrected chi connectivity index (χ2v) is 4.83. The Morgan fingerprint density at radius 1 is 1.24 bits per heavy atom. The summed E-state index contributed by atoms with van der Waals surface area (Å²) in [4.78, 5) is 22.8. The summed E-state index contributed by atoms with van der Waals surface area (Å²) in [6.45, 7) is 3.72. The number of hydrogen-bond acceptors (Lipinski definition) is 3. The van der Waals surface area contributed by atoms with Crippen LogP contribution in [0.1, 0.15) is 21.7 Å². The van der Waals surface area contributed by atoms with Gasteiger partial charge < -0.3 is 10.1 Å². The van der Waals surface area contributed by atoms with E-state index in [4.69, 9.17) is 5.11 Å². The van der Waals surface area contributed by atoms with E-state index in [-0.39, 0.29) is 11.1 Å². The van der Waals surface area contributed by atoms with Crippen molar-refractivity contribution in [2.45, 2.75) is 13.8 Å². The highest BCUT2D eigenvalue weighted by molar-refractivity contribution is 6.01. The molecule has 0 aliphatic heterocycles. The van der Waals surface area contributed by atoms with E-state index in [1.54, 1.807) is 0 Å². The first-order valence-corrected chi connectivity index (χ1v) is 6.33. The van der Waals surface area contributed by atoms with E-state index in [9.17, 15) is 9.18 Å². The van der Waals surface area contributed by atoms with Gasteiger partial charge in [0.1, 0.15) is 17.2 Å². The molecule has 0 unspecified atom stereocenters. The minimum absolute atomic E-state index is 0.162. The molecule has 0 fully saturated rings. The van der Waals surface area contributed by atoms with Crippen molar-refractivity contribution in [1.82, 2.24) is 15.0 Å². The van der Waals surface area contributed by atoms with Crippen molar-refractivity contribution >= 4 is 17.0 Å². The van der Waals surface area contributed by atoms with Crippen molar-refractivity contribution < 1.29 is 14.3 Å². The van der Waals surface area contributed by atoms with Crippen LogP contribution in [0.3, 0.4) is 0 Å². The highest BCUT2D eigenvalue weighted by Gasteiger charge is 2.16. The normalized spacial score (nSPS) is 11.0. The van der Waals surface area contributed by atoms with Crippen LogP contribution in [0.5, 0.6) is 0 Å². The fourth-order valence-corrected chi connectivity index (χ4v) is 2.31. The highest BCUT2D eigenvalue weighted by Crippen LogP contribution is 2.25. The number of aromatic carboxylic acids is 1. The van der Waals surface area contributed by atoms with E-state index < -0.39 is 11.8 Å². The van der Waals surface area contributed by atoms with E-state index in [0.717, 1.165) is 23.0 Å². The van der Waals surface area contributed by atoms with Crippen LogP contribution in [0.25, 0.3) is 22.4 Å². The number of fused-ring (bicyclic) bond motifs is 1. The minimum Gasteiger partial charge on any atom is -0.478 e. The largest absolute Gasteiger partial charge is 0.478 e. The summed E-state index contributed by atoms with van der Waals surface area (Å²) in [6, 6.07) is 5.89. The number of nitrogens with one attached hydrogen (secondary N) is 1. The molecule has 0 spiro atoms. The lowest BCUT2D eigenvalue weighted by atomic mass is 10.2. The van der Waals surface area contributed by atoms with Gasteiger partial charge in [0.2, 0.25) is 0 Å². The molecular formula is C15H12FN3O2. The smallest absolute Gasteiger partial charge is 0.338 e. The summed E-state index contributed by atoms with van der Waals surface area (Å²) in [5.74, 6) is -1.35. The molecule has 2 N–H and O–H groups in total. The number of aromatic nitrogens is 3. The molecule has 0 radical (unpaired) electrons. The van der Waals surface area contributed by atoms with E-state index in [1.165, 1.54) is 6.07 Å². The SMILES string of the molecule is Cc1ccc(-c2nc3c(C(=O)O)cc(F)cc3[nH]2)c(C)n1. The van der Waals surface area contributed by atoms with Crippen LogP contribution in [-0.2, 0) is 0 Å². The van der Waals surface area contributed by atoms with Crippen LogP contribution >= 0.6 is 0 Å². The number of pyridine rings is 1. The maximum Gasteiger partial charge on any atom is 0.338 e. The summed E-state index contributed by atoms with van der Waals surface area (Å²) in [7, 11) is 0. The Hall–Kier alpha value is -2.76. The summed E-state index contributed by atoms with van der Waals surface area (Å²) in [5.41, 5.74) is 2.83. The first-order chi connectivity index (χ1) is 9.95. The second kappa shape index (κ2) is 4.66. The van der Waals surface area contributed by atoms with Gasteiger partial charge >= 0.3 is 5.97 Å². The lowest BCUT2D eigenvalue weighted by molar-refractivity contribution is 0.0698. The van der Waals surface area contributed by atoms with Crippen molar-refractivity contribution in [1.29, 1.82) is 0 Å². The molecule has 0 atom stereocenters. The Labute approximate surface area is 119 Å². The molecule has 0 saturated heterocycles. The number of aryl methyl sites for hydroxylation is 2. The summed E-state index contributed by atoms with van der Waals surface area (Å²) < 4.78 is 13.5. The van der Waals surface area contributed by atoms with E-state index in [0.29, 0.717) is 11.3 Å². The fraction of sp³-hybridized carbons (Fsp3) is 0.133. The zero-order valence-corrected chi connectivity index (χ0v) is 11.4. The van der Waals surface area contributed by atoms with Crippen LogP contribution in [0, 0.1) is 19.7 Å². The van der Waals surface area contributed by atoms with Gasteiger partial charge in [0.25, 0.3) is 0 Å². The van der Waals surface area contributed by atoms with Gasteiger partial charge in [-0.15, -0.1) is 0 Å². The third kappa shape index (κ3) is 2.24. The monoisotopic (exact) mass is 285 g/mol. The number of benzene rings is 1. The first kappa shape index (κ1) is 13.2. The van der Waals surface area contributed by atoms with Crippen molar-refractivity contribution in [3.8, 4) is 11.4 Å². The van der Waals surface area contributed by atoms with Crippen molar-refractivity contribution in [2.24, 2.45) is 0 Å². The molecule has 1 aromatic carbocycles. The molecular weight excluding hydrogens is 273 g/mol. The number of imidazole rings is 1. The second-order valence-electron chi connectivity index (χ2n) is 4.83. The molecule has 21 heavy (non-hydrogen) atoms. The number of nitrogens with zero attached hydrogens (tertiary/aromatic N) is 2. The molecule has 3 aromatic rings. The number of halogens is 1. The van der Waals surface area contributed by atoms with Crippen LogP contribution in [0.2, 0.25) is 0 Å². The summed E-state index contributed by atoms with van der Waals surface area (Å²) in [6.07, 6.45) is 0. The number of rotatable bonds is 2. The lowest BCUT2D eigenvalue weighted by Crippen LogP contribution is -1.98. The molecule has 3 rings (SSSR count). The number of hydrogen-bond donors (Lipinski definition) is 2. The Morgan fingerprint density at radius 3 is 2.67 bits per heavy atom. The highest BCUT2D eigenvalue weighted by atomic mass is 19.1. The van der Waals surface area contributed by atoms with Gasteiger partial charge in [0.15, 0.2) is 0 Å². The van der Waals surface area contributed by atoms with E-state index >= 15 is 0 Å². The molecule has 6 heteroatoms. The van der Waals surface area contributed by atoms with E-state index in [2.05, 4.69) is 15.0 Å². The van der Waals surface area contributed by atoms with E-state index in [1.807, 2.05) is 26.0 Å². The van der Waals surface area contributed by atoms with Crippen LogP contribution in [0.15, 0.2) is 24.3 Å². The maximum absolute atomic E-state index is 13.5. The number of carboxylic acids is 1. The average Bonchev–Trinajstić information content (AvgIpc) is 2.80. The Morgan fingerprint density at radius 2 is 2.00 bits per heavy atom. The molecule has 2 aromatic heterocycles. The van der Waals surface area contributed by atoms with Crippen molar-refractivity contribution in [2.75, 3.05) is 0 Å². The summed E-state index contributed by atoms with van der Waals surface area (Å²) >= 11 is 0. The van der Waals surface area contributed by atoms with Gasteiger partial charge in [0.05, 0.1) is 11.1 Å². The Kier molecular flexibility index (Phi) is 2.94. The van der Waals surface area contributed by atoms with Gasteiger partial charge in [0, 0.05) is 17.0 Å². The third-order valence-corrected chi connectivity index (χ3v) is 3.26. The lowest BCUT2D eigenvalue weighted by Gasteiger charge is -2.02. The van der Waals surface area contributed by atoms with Gasteiger partial charge in [-0.25, -0.2) is 14.2 Å². The Balaban J connectivity index is 2.26. The van der Waals surface area contributed by atoms with Gasteiger partial charge in [-0.3, -0.25) is 4.98 Å². The van der Waals surface area contributed by atoms with Crippen molar-refractivity contribution in [3.05, 3.63) is 47.0 Å². The van der Waals surface area contributed by atoms with Crippen LogP contribution < -0.4 is 0 Å². The van der Waals surface area contributed by atoms with Crippen molar-refractivity contribution in [3.63, 3.8) is 0 Å². The minimum atomic E-state index is -1.21. The molecule has 0 saturated carbocycles. The first-order valence-electron chi connectivity index (χ1n) is 6.33. The molecule has 106 valence electrons. The number of aromatic amines is 1. The third-order valence-electron chi connectivity index (χ3n) is 3.26. The zero-order chi connectivity index (χ0) is 15.1. The quantitative estimate of drug-likeness (QED) is 0.758. The zero-order valence-electron chi connectivity index (χ0n) is 11.4. The maximum atomic E-state index is 13.5. The molecule has 0 amide bonds. The predicted octanol–water partition coefficient (Wildman–Crippen LogP) is 3.08. The topological polar surface area (TPSA) is 78.9 Å². The van der Waals surface area contributed by atoms with Crippen LogP contribution in [0.4, 0.5) is 4.39 Å². The molecule has 0 bridgehead atoms. The van der Waals surface area contributed by atoms with Gasteiger partial charge in [-0.05, 0) is 38.1 Å². The summed E-state index contributed by atoms with van der Waals surface area (Å²) in [5, 5.41) is 9.15. The van der Waals surface area contributed by atoms with Gasteiger partial charge in [-0.1, -0.05) is 0 Å². The molecule has 0 aliphatic rings.